The Morgan fingerprint density at radius 3 is 2.44 bits per heavy atom. The average molecular weight is 518 g/mol. The molecule has 0 aromatic heterocycles. The number of hydrogen-bond acceptors (Lipinski definition) is 5. The Hall–Kier alpha value is -3.07. The van der Waals surface area contributed by atoms with E-state index in [-0.39, 0.29) is 31.3 Å². The van der Waals surface area contributed by atoms with Crippen molar-refractivity contribution < 1.29 is 22.7 Å². The van der Waals surface area contributed by atoms with Crippen molar-refractivity contribution in [3.05, 3.63) is 59.7 Å². The number of carbonyl (C=O) groups is 2. The Bertz CT molecular complexity index is 1120. The van der Waals surface area contributed by atoms with Crippen molar-refractivity contribution in [1.82, 2.24) is 10.2 Å². The summed E-state index contributed by atoms with van der Waals surface area (Å²) in [5.41, 5.74) is 2.36. The first-order chi connectivity index (χ1) is 17.1. The molecule has 2 aromatic carbocycles. The molecule has 2 aromatic rings. The molecular formula is C27H39N3O5S. The molecule has 8 nitrogen and oxygen atoms in total. The zero-order valence-corrected chi connectivity index (χ0v) is 22.8. The number of amides is 2. The van der Waals surface area contributed by atoms with Crippen LogP contribution in [0.3, 0.4) is 0 Å². The van der Waals surface area contributed by atoms with Gasteiger partial charge in [-0.25, -0.2) is 8.42 Å². The van der Waals surface area contributed by atoms with Crippen molar-refractivity contribution in [3.63, 3.8) is 0 Å². The first-order valence-electron chi connectivity index (χ1n) is 12.3. The van der Waals surface area contributed by atoms with E-state index in [1.807, 2.05) is 50.2 Å². The van der Waals surface area contributed by atoms with Gasteiger partial charge in [0.15, 0.2) is 0 Å². The summed E-state index contributed by atoms with van der Waals surface area (Å²) in [5.74, 6) is 0.243. The summed E-state index contributed by atoms with van der Waals surface area (Å²) < 4.78 is 31.5. The standard InChI is InChI=1S/C27H39N3O5S/c1-6-7-16-28-27(32)22(3)29(20-23-12-9-14-25(19-23)35-4)26(31)15-10-17-30(36(5,33)34)24-13-8-11-21(2)18-24/h8-9,11-14,18-19,22H,6-7,10,15-17,20H2,1-5H3,(H,28,32). The maximum absolute atomic E-state index is 13.3. The summed E-state index contributed by atoms with van der Waals surface area (Å²) in [6.07, 6.45) is 3.41. The van der Waals surface area contributed by atoms with Gasteiger partial charge in [-0.05, 0) is 62.1 Å². The molecule has 0 aliphatic rings. The van der Waals surface area contributed by atoms with E-state index >= 15 is 0 Å². The predicted octanol–water partition coefficient (Wildman–Crippen LogP) is 3.88. The minimum absolute atomic E-state index is 0.106. The van der Waals surface area contributed by atoms with Crippen LogP contribution in [0.2, 0.25) is 0 Å². The molecule has 0 saturated carbocycles. The Morgan fingerprint density at radius 1 is 1.08 bits per heavy atom. The second-order valence-electron chi connectivity index (χ2n) is 8.97. The second kappa shape index (κ2) is 13.9. The summed E-state index contributed by atoms with van der Waals surface area (Å²) >= 11 is 0. The lowest BCUT2D eigenvalue weighted by Crippen LogP contribution is -2.48. The van der Waals surface area contributed by atoms with Gasteiger partial charge in [-0.1, -0.05) is 37.6 Å². The Kier molecular flexibility index (Phi) is 11.2. The molecule has 1 N–H and O–H groups in total. The third-order valence-electron chi connectivity index (χ3n) is 5.93. The van der Waals surface area contributed by atoms with E-state index in [4.69, 9.17) is 4.74 Å². The van der Waals surface area contributed by atoms with Gasteiger partial charge in [0.25, 0.3) is 0 Å². The molecule has 0 spiro atoms. The molecule has 2 rings (SSSR count). The van der Waals surface area contributed by atoms with Gasteiger partial charge in [0.2, 0.25) is 21.8 Å². The Balaban J connectivity index is 2.16. The number of hydrogen-bond donors (Lipinski definition) is 1. The smallest absolute Gasteiger partial charge is 0.242 e. The van der Waals surface area contributed by atoms with E-state index in [1.165, 1.54) is 4.31 Å². The molecule has 198 valence electrons. The number of unbranched alkanes of at least 4 members (excludes halogenated alkanes) is 1. The summed E-state index contributed by atoms with van der Waals surface area (Å²) in [5, 5.41) is 2.90. The van der Waals surface area contributed by atoms with Crippen LogP contribution in [-0.4, -0.2) is 57.6 Å². The zero-order chi connectivity index (χ0) is 26.7. The van der Waals surface area contributed by atoms with Gasteiger partial charge in [-0.2, -0.15) is 0 Å². The quantitative estimate of drug-likeness (QED) is 0.384. The molecular weight excluding hydrogens is 478 g/mol. The van der Waals surface area contributed by atoms with E-state index in [0.29, 0.717) is 24.4 Å². The third kappa shape index (κ3) is 8.86. The summed E-state index contributed by atoms with van der Waals surface area (Å²) in [6.45, 7) is 6.63. The van der Waals surface area contributed by atoms with E-state index in [9.17, 15) is 18.0 Å². The van der Waals surface area contributed by atoms with Gasteiger partial charge in [0.05, 0.1) is 19.1 Å². The normalized spacial score (nSPS) is 12.0. The SMILES string of the molecule is CCCCNC(=O)C(C)N(Cc1cccc(OC)c1)C(=O)CCCN(c1cccc(C)c1)S(C)(=O)=O. The molecule has 1 atom stereocenters. The topological polar surface area (TPSA) is 96.0 Å². The number of anilines is 1. The third-order valence-corrected chi connectivity index (χ3v) is 7.12. The molecule has 0 heterocycles. The summed E-state index contributed by atoms with van der Waals surface area (Å²) in [6, 6.07) is 14.0. The van der Waals surface area contributed by atoms with Gasteiger partial charge in [-0.3, -0.25) is 13.9 Å². The monoisotopic (exact) mass is 517 g/mol. The van der Waals surface area contributed by atoms with Gasteiger partial charge < -0.3 is 15.0 Å². The Morgan fingerprint density at radius 2 is 1.81 bits per heavy atom. The van der Waals surface area contributed by atoms with Crippen molar-refractivity contribution in [2.75, 3.05) is 30.8 Å². The number of methoxy groups -OCH3 is 1. The lowest BCUT2D eigenvalue weighted by Gasteiger charge is -2.29. The molecule has 0 saturated heterocycles. The fraction of sp³-hybridized carbons (Fsp3) is 0.481. The molecule has 0 aliphatic heterocycles. The minimum Gasteiger partial charge on any atom is -0.497 e. The van der Waals surface area contributed by atoms with Gasteiger partial charge in [0, 0.05) is 26.1 Å². The second-order valence-corrected chi connectivity index (χ2v) is 10.9. The Labute approximate surface area is 215 Å². The number of benzene rings is 2. The molecule has 0 aliphatic carbocycles. The first kappa shape index (κ1) is 29.2. The van der Waals surface area contributed by atoms with Crippen molar-refractivity contribution >= 4 is 27.5 Å². The first-order valence-corrected chi connectivity index (χ1v) is 14.2. The van der Waals surface area contributed by atoms with E-state index in [2.05, 4.69) is 5.32 Å². The van der Waals surface area contributed by atoms with Crippen LogP contribution >= 0.6 is 0 Å². The van der Waals surface area contributed by atoms with E-state index in [0.717, 1.165) is 30.2 Å². The molecule has 2 amide bonds. The molecule has 9 heteroatoms. The van der Waals surface area contributed by atoms with Crippen LogP contribution in [0.1, 0.15) is 50.7 Å². The maximum Gasteiger partial charge on any atom is 0.242 e. The van der Waals surface area contributed by atoms with Crippen molar-refractivity contribution in [2.24, 2.45) is 0 Å². The van der Waals surface area contributed by atoms with E-state index in [1.54, 1.807) is 31.1 Å². The van der Waals surface area contributed by atoms with Crippen molar-refractivity contribution in [2.45, 2.75) is 59.0 Å². The molecule has 36 heavy (non-hydrogen) atoms. The fourth-order valence-corrected chi connectivity index (χ4v) is 4.83. The highest BCUT2D eigenvalue weighted by molar-refractivity contribution is 7.92. The number of nitrogens with zero attached hydrogens (tertiary/aromatic N) is 2. The lowest BCUT2D eigenvalue weighted by atomic mass is 10.1. The van der Waals surface area contributed by atoms with Gasteiger partial charge in [-0.15, -0.1) is 0 Å². The lowest BCUT2D eigenvalue weighted by molar-refractivity contribution is -0.140. The predicted molar refractivity (Wildman–Crippen MR) is 144 cm³/mol. The van der Waals surface area contributed by atoms with Crippen LogP contribution in [-0.2, 0) is 26.2 Å². The molecule has 0 radical (unpaired) electrons. The maximum atomic E-state index is 13.3. The number of aryl methyl sites for hydroxylation is 1. The van der Waals surface area contributed by atoms with Crippen LogP contribution in [0.25, 0.3) is 0 Å². The fourth-order valence-electron chi connectivity index (χ4n) is 3.87. The number of ether oxygens (including phenoxy) is 1. The van der Waals surface area contributed by atoms with Gasteiger partial charge in [0.1, 0.15) is 11.8 Å². The number of nitrogens with one attached hydrogen (secondary N) is 1. The molecule has 0 fully saturated rings. The van der Waals surface area contributed by atoms with Crippen LogP contribution in [0.4, 0.5) is 5.69 Å². The van der Waals surface area contributed by atoms with Crippen LogP contribution in [0, 0.1) is 6.92 Å². The van der Waals surface area contributed by atoms with Crippen LogP contribution in [0.15, 0.2) is 48.5 Å². The molecule has 1 unspecified atom stereocenters. The van der Waals surface area contributed by atoms with Crippen molar-refractivity contribution in [1.29, 1.82) is 0 Å². The summed E-state index contributed by atoms with van der Waals surface area (Å²) in [4.78, 5) is 27.7. The minimum atomic E-state index is -3.52. The van der Waals surface area contributed by atoms with Crippen LogP contribution in [0.5, 0.6) is 5.75 Å². The highest BCUT2D eigenvalue weighted by atomic mass is 32.2. The average Bonchev–Trinajstić information content (AvgIpc) is 2.84. The van der Waals surface area contributed by atoms with Crippen molar-refractivity contribution in [3.8, 4) is 5.75 Å². The number of sulfonamides is 1. The largest absolute Gasteiger partial charge is 0.497 e. The highest BCUT2D eigenvalue weighted by Gasteiger charge is 2.26. The number of rotatable bonds is 14. The van der Waals surface area contributed by atoms with E-state index < -0.39 is 16.1 Å². The molecule has 0 bridgehead atoms. The highest BCUT2D eigenvalue weighted by Crippen LogP contribution is 2.21. The number of carbonyl (C=O) groups excluding carboxylic acids is 2. The summed E-state index contributed by atoms with van der Waals surface area (Å²) in [7, 11) is -1.94. The van der Waals surface area contributed by atoms with Gasteiger partial charge >= 0.3 is 0 Å². The zero-order valence-electron chi connectivity index (χ0n) is 22.0. The van der Waals surface area contributed by atoms with Crippen LogP contribution < -0.4 is 14.4 Å².